The van der Waals surface area contributed by atoms with Gasteiger partial charge in [-0.3, -0.25) is 0 Å². The molecule has 6 heteroatoms. The number of rotatable bonds is 5. The third-order valence-electron chi connectivity index (χ3n) is 3.04. The fraction of sp³-hybridized carbons (Fsp3) is 0.500. The standard InChI is InChI=1S/C12H17BrClNO2S/c1-4-8(2)9(3)15-18(16,17)10-5-6-12(14)11(13)7-10/h5-9,15H,4H2,1-3H3. The summed E-state index contributed by atoms with van der Waals surface area (Å²) in [4.78, 5) is 0.217. The van der Waals surface area contributed by atoms with Crippen LogP contribution in [-0.2, 0) is 10.0 Å². The summed E-state index contributed by atoms with van der Waals surface area (Å²) < 4.78 is 27.6. The summed E-state index contributed by atoms with van der Waals surface area (Å²) >= 11 is 9.07. The summed E-state index contributed by atoms with van der Waals surface area (Å²) in [6, 6.07) is 4.47. The summed E-state index contributed by atoms with van der Waals surface area (Å²) in [5.41, 5.74) is 0. The van der Waals surface area contributed by atoms with Gasteiger partial charge in [-0.2, -0.15) is 0 Å². The molecule has 18 heavy (non-hydrogen) atoms. The molecule has 0 aliphatic carbocycles. The lowest BCUT2D eigenvalue weighted by Gasteiger charge is -2.19. The SMILES string of the molecule is CCC(C)C(C)NS(=O)(=O)c1ccc(Cl)c(Br)c1. The molecule has 0 amide bonds. The summed E-state index contributed by atoms with van der Waals surface area (Å²) in [5, 5.41) is 0.490. The third kappa shape index (κ3) is 3.95. The van der Waals surface area contributed by atoms with Crippen molar-refractivity contribution in [1.82, 2.24) is 4.72 Å². The van der Waals surface area contributed by atoms with Gasteiger partial charge in [0.2, 0.25) is 10.0 Å². The monoisotopic (exact) mass is 353 g/mol. The molecule has 0 aliphatic heterocycles. The predicted octanol–water partition coefficient (Wildman–Crippen LogP) is 3.82. The normalized spacial score (nSPS) is 15.4. The fourth-order valence-electron chi connectivity index (χ4n) is 1.43. The molecule has 2 atom stereocenters. The Balaban J connectivity index is 2.96. The molecule has 2 unspecified atom stereocenters. The van der Waals surface area contributed by atoms with Crippen LogP contribution in [0.1, 0.15) is 27.2 Å². The third-order valence-corrected chi connectivity index (χ3v) is 5.81. The molecule has 0 saturated heterocycles. The Kier molecular flexibility index (Phi) is 5.65. The van der Waals surface area contributed by atoms with Crippen molar-refractivity contribution in [1.29, 1.82) is 0 Å². The number of hydrogen-bond acceptors (Lipinski definition) is 2. The van der Waals surface area contributed by atoms with Gasteiger partial charge in [0.1, 0.15) is 0 Å². The summed E-state index contributed by atoms with van der Waals surface area (Å²) in [6.07, 6.45) is 0.925. The second kappa shape index (κ2) is 6.37. The van der Waals surface area contributed by atoms with E-state index in [-0.39, 0.29) is 16.9 Å². The Bertz CT molecular complexity index is 519. The molecule has 0 radical (unpaired) electrons. The number of sulfonamides is 1. The van der Waals surface area contributed by atoms with Gasteiger partial charge in [0.25, 0.3) is 0 Å². The van der Waals surface area contributed by atoms with Crippen LogP contribution in [0.2, 0.25) is 5.02 Å². The maximum atomic E-state index is 12.2. The van der Waals surface area contributed by atoms with Crippen molar-refractivity contribution in [3.8, 4) is 0 Å². The Morgan fingerprint density at radius 1 is 1.39 bits per heavy atom. The van der Waals surface area contributed by atoms with Gasteiger partial charge in [-0.1, -0.05) is 31.9 Å². The van der Waals surface area contributed by atoms with Crippen LogP contribution >= 0.6 is 27.5 Å². The molecular formula is C12H17BrClNO2S. The van der Waals surface area contributed by atoms with E-state index in [1.807, 2.05) is 20.8 Å². The number of halogens is 2. The highest BCUT2D eigenvalue weighted by Crippen LogP contribution is 2.25. The minimum Gasteiger partial charge on any atom is -0.208 e. The van der Waals surface area contributed by atoms with Gasteiger partial charge in [-0.05, 0) is 47.0 Å². The molecule has 0 fully saturated rings. The highest BCUT2D eigenvalue weighted by Gasteiger charge is 2.20. The average molecular weight is 355 g/mol. The molecule has 1 aromatic carbocycles. The van der Waals surface area contributed by atoms with E-state index < -0.39 is 10.0 Å². The smallest absolute Gasteiger partial charge is 0.208 e. The van der Waals surface area contributed by atoms with Crippen LogP contribution in [0.15, 0.2) is 27.6 Å². The van der Waals surface area contributed by atoms with Crippen molar-refractivity contribution in [2.45, 2.75) is 38.1 Å². The van der Waals surface area contributed by atoms with E-state index >= 15 is 0 Å². The molecule has 0 aromatic heterocycles. The lowest BCUT2D eigenvalue weighted by Crippen LogP contribution is -2.36. The molecule has 3 nitrogen and oxygen atoms in total. The summed E-state index contributed by atoms with van der Waals surface area (Å²) in [7, 11) is -3.49. The van der Waals surface area contributed by atoms with Crippen LogP contribution in [0.3, 0.4) is 0 Å². The van der Waals surface area contributed by atoms with Gasteiger partial charge in [-0.15, -0.1) is 0 Å². The van der Waals surface area contributed by atoms with E-state index in [0.29, 0.717) is 9.50 Å². The van der Waals surface area contributed by atoms with Crippen molar-refractivity contribution in [3.63, 3.8) is 0 Å². The second-order valence-electron chi connectivity index (χ2n) is 4.37. The lowest BCUT2D eigenvalue weighted by atomic mass is 10.0. The van der Waals surface area contributed by atoms with E-state index in [2.05, 4.69) is 20.7 Å². The lowest BCUT2D eigenvalue weighted by molar-refractivity contribution is 0.434. The van der Waals surface area contributed by atoms with E-state index in [0.717, 1.165) is 6.42 Å². The quantitative estimate of drug-likeness (QED) is 0.874. The maximum absolute atomic E-state index is 12.2. The van der Waals surface area contributed by atoms with E-state index in [4.69, 9.17) is 11.6 Å². The van der Waals surface area contributed by atoms with Crippen LogP contribution in [0.4, 0.5) is 0 Å². The van der Waals surface area contributed by atoms with Crippen molar-refractivity contribution >= 4 is 37.6 Å². The van der Waals surface area contributed by atoms with Crippen LogP contribution in [0.25, 0.3) is 0 Å². The predicted molar refractivity (Wildman–Crippen MR) is 78.4 cm³/mol. The first-order chi connectivity index (χ1) is 8.27. The largest absolute Gasteiger partial charge is 0.240 e. The van der Waals surface area contributed by atoms with Crippen LogP contribution in [0.5, 0.6) is 0 Å². The minimum atomic E-state index is -3.49. The first-order valence-corrected chi connectivity index (χ1v) is 8.40. The summed E-state index contributed by atoms with van der Waals surface area (Å²) in [5.74, 6) is 0.288. The average Bonchev–Trinajstić information content (AvgIpc) is 2.30. The molecule has 102 valence electrons. The Labute approximate surface area is 122 Å². The van der Waals surface area contributed by atoms with E-state index in [1.54, 1.807) is 6.07 Å². The molecule has 1 aromatic rings. The van der Waals surface area contributed by atoms with Crippen molar-refractivity contribution in [3.05, 3.63) is 27.7 Å². The topological polar surface area (TPSA) is 46.2 Å². The zero-order valence-corrected chi connectivity index (χ0v) is 13.7. The van der Waals surface area contributed by atoms with Gasteiger partial charge < -0.3 is 0 Å². The van der Waals surface area contributed by atoms with Gasteiger partial charge >= 0.3 is 0 Å². The fourth-order valence-corrected chi connectivity index (χ4v) is 3.45. The van der Waals surface area contributed by atoms with Gasteiger partial charge in [0.15, 0.2) is 0 Å². The molecule has 1 rings (SSSR count). The zero-order chi connectivity index (χ0) is 13.9. The summed E-state index contributed by atoms with van der Waals surface area (Å²) in [6.45, 7) is 5.93. The Hall–Kier alpha value is -0.100. The van der Waals surface area contributed by atoms with Crippen molar-refractivity contribution in [2.75, 3.05) is 0 Å². The first kappa shape index (κ1) is 16.0. The van der Waals surface area contributed by atoms with Gasteiger partial charge in [-0.25, -0.2) is 13.1 Å². The second-order valence-corrected chi connectivity index (χ2v) is 7.35. The van der Waals surface area contributed by atoms with Crippen LogP contribution in [0, 0.1) is 5.92 Å². The Morgan fingerprint density at radius 2 is 2.00 bits per heavy atom. The molecule has 0 spiro atoms. The van der Waals surface area contributed by atoms with Gasteiger partial charge in [0, 0.05) is 10.5 Å². The first-order valence-electron chi connectivity index (χ1n) is 5.75. The van der Waals surface area contributed by atoms with E-state index in [1.165, 1.54) is 12.1 Å². The highest BCUT2D eigenvalue weighted by atomic mass is 79.9. The number of hydrogen-bond donors (Lipinski definition) is 1. The number of benzene rings is 1. The highest BCUT2D eigenvalue weighted by molar-refractivity contribution is 9.10. The molecular weight excluding hydrogens is 338 g/mol. The van der Waals surface area contributed by atoms with Crippen LogP contribution in [-0.4, -0.2) is 14.5 Å². The van der Waals surface area contributed by atoms with Crippen LogP contribution < -0.4 is 4.72 Å². The van der Waals surface area contributed by atoms with Crippen molar-refractivity contribution in [2.24, 2.45) is 5.92 Å². The molecule has 1 N–H and O–H groups in total. The molecule has 0 bridgehead atoms. The minimum absolute atomic E-state index is 0.102. The Morgan fingerprint density at radius 3 is 2.50 bits per heavy atom. The zero-order valence-electron chi connectivity index (χ0n) is 10.6. The van der Waals surface area contributed by atoms with Crippen molar-refractivity contribution < 1.29 is 8.42 Å². The maximum Gasteiger partial charge on any atom is 0.240 e. The molecule has 0 aliphatic rings. The van der Waals surface area contributed by atoms with Gasteiger partial charge in [0.05, 0.1) is 9.92 Å². The number of nitrogens with one attached hydrogen (secondary N) is 1. The molecule has 0 saturated carbocycles. The molecule has 0 heterocycles. The van der Waals surface area contributed by atoms with E-state index in [9.17, 15) is 8.42 Å².